The summed E-state index contributed by atoms with van der Waals surface area (Å²) in [5, 5.41) is 11.8. The molecule has 158 valence electrons. The van der Waals surface area contributed by atoms with Crippen LogP contribution >= 0.6 is 0 Å². The molecule has 0 aromatic carbocycles. The zero-order valence-corrected chi connectivity index (χ0v) is 17.5. The Morgan fingerprint density at radius 1 is 1.34 bits per heavy atom. The highest BCUT2D eigenvalue weighted by atomic mass is 16.5. The lowest BCUT2D eigenvalue weighted by Crippen LogP contribution is -2.47. The van der Waals surface area contributed by atoms with Gasteiger partial charge >= 0.3 is 6.03 Å². The maximum Gasteiger partial charge on any atom is 0.318 e. The second kappa shape index (κ2) is 8.23. The van der Waals surface area contributed by atoms with Gasteiger partial charge in [-0.05, 0) is 26.9 Å². The third-order valence-corrected chi connectivity index (χ3v) is 6.33. The highest BCUT2D eigenvalue weighted by molar-refractivity contribution is 5.75. The van der Waals surface area contributed by atoms with Gasteiger partial charge in [-0.2, -0.15) is 0 Å². The molecule has 29 heavy (non-hydrogen) atoms. The first-order valence-corrected chi connectivity index (χ1v) is 10.4. The Balaban J connectivity index is 1.51. The van der Waals surface area contributed by atoms with Crippen molar-refractivity contribution >= 4 is 11.7 Å². The van der Waals surface area contributed by atoms with Crippen molar-refractivity contribution < 1.29 is 9.53 Å². The predicted molar refractivity (Wildman–Crippen MR) is 108 cm³/mol. The van der Waals surface area contributed by atoms with Gasteiger partial charge in [-0.15, -0.1) is 10.2 Å². The minimum absolute atomic E-state index is 0.0119. The van der Waals surface area contributed by atoms with Crippen molar-refractivity contribution in [2.24, 2.45) is 5.41 Å². The van der Waals surface area contributed by atoms with Crippen LogP contribution in [0.3, 0.4) is 0 Å². The molecule has 0 spiro atoms. The van der Waals surface area contributed by atoms with E-state index in [1.807, 2.05) is 15.5 Å². The van der Waals surface area contributed by atoms with E-state index in [0.717, 1.165) is 25.2 Å². The minimum atomic E-state index is -0.175. The first kappa shape index (κ1) is 20.0. The normalized spacial score (nSPS) is 23.9. The number of ether oxygens (including phenoxy) is 1. The number of nitrogens with one attached hydrogen (secondary N) is 1. The average molecular weight is 402 g/mol. The molecule has 2 aliphatic rings. The van der Waals surface area contributed by atoms with Crippen molar-refractivity contribution in [1.82, 2.24) is 34.7 Å². The SMILES string of the molecule is CO[C@@H]1C[C@@H](c2nnc3cnccn23)N(C(=O)NCC2(CN(C)C)CCCC2)C1. The summed E-state index contributed by atoms with van der Waals surface area (Å²) in [6, 6.07) is -0.226. The molecule has 1 saturated carbocycles. The largest absolute Gasteiger partial charge is 0.380 e. The summed E-state index contributed by atoms with van der Waals surface area (Å²) in [7, 11) is 5.90. The number of rotatable bonds is 6. The van der Waals surface area contributed by atoms with E-state index >= 15 is 0 Å². The molecular formula is C20H31N7O2. The number of carbonyl (C=O) groups excluding carboxylic acids is 1. The molecule has 0 unspecified atom stereocenters. The Morgan fingerprint density at radius 2 is 2.14 bits per heavy atom. The molecule has 1 saturated heterocycles. The van der Waals surface area contributed by atoms with E-state index in [1.165, 1.54) is 12.8 Å². The van der Waals surface area contributed by atoms with Gasteiger partial charge in [0.15, 0.2) is 11.5 Å². The number of likely N-dealkylation sites (tertiary alicyclic amines) is 1. The first-order chi connectivity index (χ1) is 14.0. The van der Waals surface area contributed by atoms with E-state index in [-0.39, 0.29) is 23.6 Å². The molecule has 9 heteroatoms. The van der Waals surface area contributed by atoms with Gasteiger partial charge in [0.2, 0.25) is 0 Å². The summed E-state index contributed by atoms with van der Waals surface area (Å²) < 4.78 is 7.49. The Hall–Kier alpha value is -2.26. The van der Waals surface area contributed by atoms with Crippen LogP contribution in [0.15, 0.2) is 18.6 Å². The number of methoxy groups -OCH3 is 1. The lowest BCUT2D eigenvalue weighted by atomic mass is 9.85. The van der Waals surface area contributed by atoms with Crippen molar-refractivity contribution in [3.8, 4) is 0 Å². The Bertz CT molecular complexity index is 846. The molecule has 2 amide bonds. The number of fused-ring (bicyclic) bond motifs is 1. The molecule has 9 nitrogen and oxygen atoms in total. The number of carbonyl (C=O) groups is 1. The van der Waals surface area contributed by atoms with Gasteiger partial charge in [0.25, 0.3) is 0 Å². The second-order valence-corrected chi connectivity index (χ2v) is 8.73. The Kier molecular flexibility index (Phi) is 5.69. The van der Waals surface area contributed by atoms with Crippen LogP contribution in [0.25, 0.3) is 5.65 Å². The molecule has 2 aromatic heterocycles. The van der Waals surface area contributed by atoms with Crippen molar-refractivity contribution in [1.29, 1.82) is 0 Å². The number of hydrogen-bond acceptors (Lipinski definition) is 6. The van der Waals surface area contributed by atoms with Gasteiger partial charge in [-0.3, -0.25) is 9.38 Å². The Morgan fingerprint density at radius 3 is 2.86 bits per heavy atom. The summed E-state index contributed by atoms with van der Waals surface area (Å²) in [5.41, 5.74) is 0.849. The van der Waals surface area contributed by atoms with Crippen LogP contribution in [0.2, 0.25) is 0 Å². The molecule has 1 aliphatic heterocycles. The van der Waals surface area contributed by atoms with Crippen LogP contribution in [0, 0.1) is 5.41 Å². The summed E-state index contributed by atoms with van der Waals surface area (Å²) in [6.07, 6.45) is 10.7. The maximum atomic E-state index is 13.2. The highest BCUT2D eigenvalue weighted by Gasteiger charge is 2.40. The number of hydrogen-bond donors (Lipinski definition) is 1. The molecular weight excluding hydrogens is 370 g/mol. The zero-order valence-electron chi connectivity index (χ0n) is 17.5. The van der Waals surface area contributed by atoms with Crippen LogP contribution in [0.4, 0.5) is 4.79 Å². The van der Waals surface area contributed by atoms with Crippen LogP contribution in [-0.2, 0) is 4.74 Å². The van der Waals surface area contributed by atoms with Gasteiger partial charge in [0, 0.05) is 51.0 Å². The molecule has 2 fully saturated rings. The van der Waals surface area contributed by atoms with Crippen molar-refractivity contribution in [3.63, 3.8) is 0 Å². The third-order valence-electron chi connectivity index (χ3n) is 6.33. The van der Waals surface area contributed by atoms with Crippen LogP contribution < -0.4 is 5.32 Å². The minimum Gasteiger partial charge on any atom is -0.380 e. The maximum absolute atomic E-state index is 13.2. The van der Waals surface area contributed by atoms with Crippen molar-refractivity contribution in [2.45, 2.75) is 44.2 Å². The lowest BCUT2D eigenvalue weighted by molar-refractivity contribution is 0.109. The van der Waals surface area contributed by atoms with Crippen molar-refractivity contribution in [2.75, 3.05) is 40.8 Å². The first-order valence-electron chi connectivity index (χ1n) is 10.4. The summed E-state index contributed by atoms with van der Waals surface area (Å²) in [5.74, 6) is 0.751. The standard InChI is InChI=1S/C20H31N7O2/c1-25(2)14-20(6-4-5-7-20)13-22-19(28)27-12-15(29-3)10-16(27)18-24-23-17-11-21-8-9-26(17)18/h8-9,11,15-16H,4-7,10,12-14H2,1-3H3,(H,22,28)/t15-,16+/m1/s1. The molecule has 1 aliphatic carbocycles. The lowest BCUT2D eigenvalue weighted by Gasteiger charge is -2.33. The summed E-state index contributed by atoms with van der Waals surface area (Å²) in [6.45, 7) is 2.25. The van der Waals surface area contributed by atoms with E-state index in [4.69, 9.17) is 4.74 Å². The third kappa shape index (κ3) is 4.06. The van der Waals surface area contributed by atoms with Gasteiger partial charge in [-0.25, -0.2) is 4.79 Å². The van der Waals surface area contributed by atoms with Gasteiger partial charge in [-0.1, -0.05) is 12.8 Å². The molecule has 0 radical (unpaired) electrons. The van der Waals surface area contributed by atoms with Crippen molar-refractivity contribution in [3.05, 3.63) is 24.4 Å². The molecule has 2 aromatic rings. The predicted octanol–water partition coefficient (Wildman–Crippen LogP) is 1.72. The molecule has 3 heterocycles. The van der Waals surface area contributed by atoms with Crippen LogP contribution in [-0.4, -0.2) is 82.4 Å². The molecule has 1 N–H and O–H groups in total. The number of aromatic nitrogens is 4. The number of urea groups is 1. The van der Waals surface area contributed by atoms with E-state index in [0.29, 0.717) is 25.2 Å². The monoisotopic (exact) mass is 401 g/mol. The summed E-state index contributed by atoms with van der Waals surface area (Å²) in [4.78, 5) is 21.4. The number of nitrogens with zero attached hydrogens (tertiary/aromatic N) is 6. The smallest absolute Gasteiger partial charge is 0.318 e. The quantitative estimate of drug-likeness (QED) is 0.793. The molecule has 2 atom stereocenters. The fraction of sp³-hybridized carbons (Fsp3) is 0.700. The van der Waals surface area contributed by atoms with E-state index in [1.54, 1.807) is 19.5 Å². The zero-order chi connectivity index (χ0) is 20.4. The van der Waals surface area contributed by atoms with Gasteiger partial charge in [0.05, 0.1) is 18.3 Å². The van der Waals surface area contributed by atoms with E-state index in [2.05, 4.69) is 39.5 Å². The van der Waals surface area contributed by atoms with Gasteiger partial charge in [0.1, 0.15) is 0 Å². The van der Waals surface area contributed by atoms with Crippen LogP contribution in [0.5, 0.6) is 0 Å². The topological polar surface area (TPSA) is 87.9 Å². The summed E-state index contributed by atoms with van der Waals surface area (Å²) >= 11 is 0. The molecule has 4 rings (SSSR count). The second-order valence-electron chi connectivity index (χ2n) is 8.73. The highest BCUT2D eigenvalue weighted by Crippen LogP contribution is 2.38. The Labute approximate surface area is 171 Å². The van der Waals surface area contributed by atoms with Gasteiger partial charge < -0.3 is 19.9 Å². The fourth-order valence-electron chi connectivity index (χ4n) is 4.99. The fourth-order valence-corrected chi connectivity index (χ4v) is 4.99. The average Bonchev–Trinajstić information content (AvgIpc) is 3.43. The molecule has 0 bridgehead atoms. The number of amides is 2. The van der Waals surface area contributed by atoms with E-state index < -0.39 is 0 Å². The van der Waals surface area contributed by atoms with E-state index in [9.17, 15) is 4.79 Å². The van der Waals surface area contributed by atoms with Crippen LogP contribution in [0.1, 0.15) is 44.0 Å².